The highest BCUT2D eigenvalue weighted by molar-refractivity contribution is 6.30. The van der Waals surface area contributed by atoms with Gasteiger partial charge in [-0.15, -0.1) is 0 Å². The highest BCUT2D eigenvalue weighted by atomic mass is 35.5. The summed E-state index contributed by atoms with van der Waals surface area (Å²) in [5.41, 5.74) is 1.88. The molecule has 1 saturated heterocycles. The molecule has 1 aliphatic rings. The Balaban J connectivity index is 1.77. The van der Waals surface area contributed by atoms with Crippen LogP contribution in [0.25, 0.3) is 6.08 Å². The summed E-state index contributed by atoms with van der Waals surface area (Å²) >= 11 is 5.84. The Hall–Kier alpha value is -2.79. The molecule has 122 valence electrons. The van der Waals surface area contributed by atoms with Crippen LogP contribution >= 0.6 is 11.6 Å². The van der Waals surface area contributed by atoms with Crippen molar-refractivity contribution < 1.29 is 14.3 Å². The van der Waals surface area contributed by atoms with Crippen LogP contribution in [0.4, 0.5) is 4.79 Å². The Labute approximate surface area is 144 Å². The lowest BCUT2D eigenvalue weighted by molar-refractivity contribution is -0.123. The molecule has 3 amide bonds. The molecule has 24 heavy (non-hydrogen) atoms. The smallest absolute Gasteiger partial charge is 0.329 e. The highest BCUT2D eigenvalue weighted by Gasteiger charge is 2.33. The number of urea groups is 1. The zero-order valence-corrected chi connectivity index (χ0v) is 13.7. The molecule has 0 radical (unpaired) electrons. The topological polar surface area (TPSA) is 58.6 Å². The number of nitrogens with one attached hydrogen (secondary N) is 1. The molecule has 1 N–H and O–H groups in total. The number of carbonyl (C=O) groups is 2. The highest BCUT2D eigenvalue weighted by Crippen LogP contribution is 2.19. The first kappa shape index (κ1) is 16.1. The van der Waals surface area contributed by atoms with Crippen molar-refractivity contribution in [1.29, 1.82) is 0 Å². The first-order valence-electron chi connectivity index (χ1n) is 7.30. The predicted molar refractivity (Wildman–Crippen MR) is 91.5 cm³/mol. The minimum Gasteiger partial charge on any atom is -0.497 e. The van der Waals surface area contributed by atoms with Gasteiger partial charge >= 0.3 is 6.03 Å². The molecule has 0 aromatic heterocycles. The van der Waals surface area contributed by atoms with Gasteiger partial charge in [0, 0.05) is 5.02 Å². The summed E-state index contributed by atoms with van der Waals surface area (Å²) in [7, 11) is 1.59. The van der Waals surface area contributed by atoms with Crippen molar-refractivity contribution in [2.24, 2.45) is 0 Å². The molecule has 0 unspecified atom stereocenters. The summed E-state index contributed by atoms with van der Waals surface area (Å²) in [6.07, 6.45) is 1.64. The maximum atomic E-state index is 12.4. The van der Waals surface area contributed by atoms with Crippen LogP contribution in [0.3, 0.4) is 0 Å². The molecule has 0 saturated carbocycles. The number of halogens is 1. The monoisotopic (exact) mass is 342 g/mol. The molecule has 1 heterocycles. The van der Waals surface area contributed by atoms with Crippen LogP contribution in [-0.4, -0.2) is 23.9 Å². The predicted octanol–water partition coefficient (Wildman–Crippen LogP) is 3.44. The van der Waals surface area contributed by atoms with Gasteiger partial charge < -0.3 is 10.1 Å². The van der Waals surface area contributed by atoms with Crippen LogP contribution in [0, 0.1) is 0 Å². The van der Waals surface area contributed by atoms with Gasteiger partial charge in [-0.05, 0) is 41.5 Å². The van der Waals surface area contributed by atoms with Crippen molar-refractivity contribution in [2.45, 2.75) is 6.54 Å². The van der Waals surface area contributed by atoms with E-state index in [1.165, 1.54) is 4.90 Å². The van der Waals surface area contributed by atoms with E-state index >= 15 is 0 Å². The molecule has 0 aliphatic carbocycles. The fourth-order valence-corrected chi connectivity index (χ4v) is 2.48. The zero-order chi connectivity index (χ0) is 17.1. The minimum atomic E-state index is -0.435. The van der Waals surface area contributed by atoms with Crippen molar-refractivity contribution in [3.05, 3.63) is 70.4 Å². The van der Waals surface area contributed by atoms with Crippen molar-refractivity contribution >= 4 is 29.6 Å². The summed E-state index contributed by atoms with van der Waals surface area (Å²) < 4.78 is 5.09. The number of rotatable bonds is 4. The number of imide groups is 1. The molecule has 5 nitrogen and oxygen atoms in total. The van der Waals surface area contributed by atoms with Crippen molar-refractivity contribution in [1.82, 2.24) is 10.2 Å². The van der Waals surface area contributed by atoms with E-state index in [0.29, 0.717) is 5.02 Å². The molecule has 0 atom stereocenters. The van der Waals surface area contributed by atoms with Gasteiger partial charge in [0.2, 0.25) is 0 Å². The Morgan fingerprint density at radius 2 is 1.75 bits per heavy atom. The number of amides is 3. The number of methoxy groups -OCH3 is 1. The molecule has 3 rings (SSSR count). The lowest BCUT2D eigenvalue weighted by Gasteiger charge is -2.11. The van der Waals surface area contributed by atoms with Crippen LogP contribution in [0.1, 0.15) is 11.1 Å². The number of benzene rings is 2. The van der Waals surface area contributed by atoms with Gasteiger partial charge in [0.05, 0.1) is 13.7 Å². The molecule has 0 bridgehead atoms. The van der Waals surface area contributed by atoms with Gasteiger partial charge in [0.25, 0.3) is 5.91 Å². The van der Waals surface area contributed by atoms with Gasteiger partial charge in [-0.3, -0.25) is 9.69 Å². The van der Waals surface area contributed by atoms with Gasteiger partial charge in [0.1, 0.15) is 11.4 Å². The third kappa shape index (κ3) is 3.41. The van der Waals surface area contributed by atoms with Crippen LogP contribution in [-0.2, 0) is 11.3 Å². The molecule has 2 aromatic rings. The number of hydrogen-bond donors (Lipinski definition) is 1. The summed E-state index contributed by atoms with van der Waals surface area (Å²) in [4.78, 5) is 25.7. The number of carbonyl (C=O) groups excluding carboxylic acids is 2. The first-order chi connectivity index (χ1) is 11.6. The molecular formula is C18H15ClN2O3. The van der Waals surface area contributed by atoms with E-state index in [2.05, 4.69) is 5.32 Å². The molecule has 1 fully saturated rings. The Bertz CT molecular complexity index is 798. The van der Waals surface area contributed by atoms with E-state index in [1.807, 2.05) is 12.1 Å². The van der Waals surface area contributed by atoms with Crippen molar-refractivity contribution in [2.75, 3.05) is 7.11 Å². The average Bonchev–Trinajstić information content (AvgIpc) is 2.85. The third-order valence-electron chi connectivity index (χ3n) is 3.64. The minimum absolute atomic E-state index is 0.196. The fraction of sp³-hybridized carbons (Fsp3) is 0.111. The second kappa shape index (κ2) is 6.76. The quantitative estimate of drug-likeness (QED) is 0.684. The summed E-state index contributed by atoms with van der Waals surface area (Å²) in [6.45, 7) is 0.196. The third-order valence-corrected chi connectivity index (χ3v) is 3.90. The second-order valence-electron chi connectivity index (χ2n) is 5.28. The van der Waals surface area contributed by atoms with Gasteiger partial charge in [-0.1, -0.05) is 35.9 Å². The Kier molecular flexibility index (Phi) is 4.53. The Morgan fingerprint density at radius 3 is 2.38 bits per heavy atom. The summed E-state index contributed by atoms with van der Waals surface area (Å²) in [5, 5.41) is 3.21. The first-order valence-corrected chi connectivity index (χ1v) is 7.67. The largest absolute Gasteiger partial charge is 0.497 e. The van der Waals surface area contributed by atoms with E-state index in [4.69, 9.17) is 16.3 Å². The van der Waals surface area contributed by atoms with Gasteiger partial charge in [-0.25, -0.2) is 4.79 Å². The van der Waals surface area contributed by atoms with Crippen LogP contribution < -0.4 is 10.1 Å². The summed E-state index contributed by atoms with van der Waals surface area (Å²) in [6, 6.07) is 13.8. The molecule has 1 aliphatic heterocycles. The SMILES string of the molecule is COc1ccc(C=C2NC(=O)N(Cc3ccc(Cl)cc3)C2=O)cc1. The molecule has 0 spiro atoms. The molecular weight excluding hydrogens is 328 g/mol. The number of ether oxygens (including phenoxy) is 1. The lowest BCUT2D eigenvalue weighted by atomic mass is 10.1. The van der Waals surface area contributed by atoms with Crippen LogP contribution in [0.2, 0.25) is 5.02 Å². The normalized spacial score (nSPS) is 15.8. The fourth-order valence-electron chi connectivity index (χ4n) is 2.35. The average molecular weight is 343 g/mol. The lowest BCUT2D eigenvalue weighted by Crippen LogP contribution is -2.30. The van der Waals surface area contributed by atoms with E-state index in [9.17, 15) is 9.59 Å². The van der Waals surface area contributed by atoms with Gasteiger partial charge in [0.15, 0.2) is 0 Å². The standard InChI is InChI=1S/C18H15ClN2O3/c1-24-15-8-4-12(5-9-15)10-16-17(22)21(18(23)20-16)11-13-2-6-14(19)7-3-13/h2-10H,11H2,1H3,(H,20,23). The van der Waals surface area contributed by atoms with Crippen molar-refractivity contribution in [3.8, 4) is 5.75 Å². The number of hydrogen-bond acceptors (Lipinski definition) is 3. The number of nitrogens with zero attached hydrogens (tertiary/aromatic N) is 1. The van der Waals surface area contributed by atoms with E-state index in [0.717, 1.165) is 16.9 Å². The Morgan fingerprint density at radius 1 is 1.08 bits per heavy atom. The van der Waals surface area contributed by atoms with Crippen LogP contribution in [0.5, 0.6) is 5.75 Å². The maximum absolute atomic E-state index is 12.4. The van der Waals surface area contributed by atoms with Crippen molar-refractivity contribution in [3.63, 3.8) is 0 Å². The van der Waals surface area contributed by atoms with Crippen LogP contribution in [0.15, 0.2) is 54.2 Å². The van der Waals surface area contributed by atoms with E-state index in [1.54, 1.807) is 49.6 Å². The van der Waals surface area contributed by atoms with E-state index in [-0.39, 0.29) is 18.1 Å². The van der Waals surface area contributed by atoms with E-state index < -0.39 is 6.03 Å². The van der Waals surface area contributed by atoms with Gasteiger partial charge in [-0.2, -0.15) is 0 Å². The zero-order valence-electron chi connectivity index (χ0n) is 13.0. The maximum Gasteiger partial charge on any atom is 0.329 e. The molecule has 6 heteroatoms. The molecule has 2 aromatic carbocycles. The summed E-state index contributed by atoms with van der Waals surface area (Å²) in [5.74, 6) is 0.370. The second-order valence-corrected chi connectivity index (χ2v) is 5.72.